The van der Waals surface area contributed by atoms with Gasteiger partial charge in [0.15, 0.2) is 5.58 Å². The summed E-state index contributed by atoms with van der Waals surface area (Å²) in [6, 6.07) is 25.5. The summed E-state index contributed by atoms with van der Waals surface area (Å²) in [7, 11) is 0. The first-order chi connectivity index (χ1) is 15.2. The van der Waals surface area contributed by atoms with E-state index in [0.717, 1.165) is 21.9 Å². The molecule has 31 heavy (non-hydrogen) atoms. The van der Waals surface area contributed by atoms with Gasteiger partial charge < -0.3 is 14.8 Å². The Morgan fingerprint density at radius 1 is 0.839 bits per heavy atom. The molecule has 0 bridgehead atoms. The Kier molecular flexibility index (Phi) is 4.94. The third kappa shape index (κ3) is 3.67. The Bertz CT molecular complexity index is 1350. The molecular weight excluding hydrogens is 388 g/mol. The summed E-state index contributed by atoms with van der Waals surface area (Å²) in [5, 5.41) is 15.9. The zero-order valence-corrected chi connectivity index (χ0v) is 16.6. The van der Waals surface area contributed by atoms with Crippen molar-refractivity contribution in [2.75, 3.05) is 0 Å². The van der Waals surface area contributed by atoms with Gasteiger partial charge in [-0.2, -0.15) is 0 Å². The van der Waals surface area contributed by atoms with Crippen molar-refractivity contribution in [1.29, 1.82) is 0 Å². The third-order valence-electron chi connectivity index (χ3n) is 5.44. The molecule has 152 valence electrons. The van der Waals surface area contributed by atoms with Crippen molar-refractivity contribution in [2.45, 2.75) is 12.1 Å². The molecule has 0 saturated heterocycles. The van der Waals surface area contributed by atoms with Crippen LogP contribution in [0.15, 0.2) is 102 Å². The molecular formula is C26H20N2O3. The number of aliphatic hydroxyl groups is 1. The van der Waals surface area contributed by atoms with Gasteiger partial charge in [0.05, 0.1) is 12.2 Å². The Morgan fingerprint density at radius 3 is 2.26 bits per heavy atom. The van der Waals surface area contributed by atoms with E-state index in [1.165, 1.54) is 0 Å². The van der Waals surface area contributed by atoms with E-state index in [1.54, 1.807) is 24.5 Å². The van der Waals surface area contributed by atoms with Gasteiger partial charge in [-0.3, -0.25) is 9.78 Å². The highest BCUT2D eigenvalue weighted by atomic mass is 16.3. The lowest BCUT2D eigenvalue weighted by atomic mass is 9.95. The number of aromatic nitrogens is 1. The van der Waals surface area contributed by atoms with Crippen LogP contribution in [0, 0.1) is 0 Å². The van der Waals surface area contributed by atoms with Gasteiger partial charge in [-0.05, 0) is 35.4 Å². The van der Waals surface area contributed by atoms with Gasteiger partial charge in [0.1, 0.15) is 11.7 Å². The number of hydrogen-bond acceptors (Lipinski definition) is 4. The number of hydrogen-bond donors (Lipinski definition) is 2. The Labute approximate surface area is 179 Å². The second kappa shape index (κ2) is 8.05. The topological polar surface area (TPSA) is 75.4 Å². The number of carbonyl (C=O) groups is 1. The molecule has 2 heterocycles. The van der Waals surface area contributed by atoms with E-state index in [2.05, 4.69) is 10.3 Å². The van der Waals surface area contributed by atoms with E-state index >= 15 is 0 Å². The zero-order valence-electron chi connectivity index (χ0n) is 16.6. The summed E-state index contributed by atoms with van der Waals surface area (Å²) in [6.07, 6.45) is 2.48. The SMILES string of the molecule is O=C(NC(c1ccccc1)C(O)c1ccccc1)c1ccc2c(c1)oc1cnccc12. The minimum absolute atomic E-state index is 0.288. The fourth-order valence-electron chi connectivity index (χ4n) is 3.84. The normalized spacial score (nSPS) is 13.2. The van der Waals surface area contributed by atoms with Gasteiger partial charge in [0.25, 0.3) is 5.91 Å². The number of benzene rings is 3. The Balaban J connectivity index is 1.48. The second-order valence-electron chi connectivity index (χ2n) is 7.40. The highest BCUT2D eigenvalue weighted by Gasteiger charge is 2.25. The molecule has 0 aliphatic carbocycles. The van der Waals surface area contributed by atoms with Crippen LogP contribution < -0.4 is 5.32 Å². The van der Waals surface area contributed by atoms with E-state index < -0.39 is 12.1 Å². The van der Waals surface area contributed by atoms with Crippen molar-refractivity contribution in [3.05, 3.63) is 114 Å². The van der Waals surface area contributed by atoms with E-state index in [-0.39, 0.29) is 5.91 Å². The van der Waals surface area contributed by atoms with Crippen LogP contribution >= 0.6 is 0 Å². The fraction of sp³-hybridized carbons (Fsp3) is 0.0769. The molecule has 0 fully saturated rings. The number of nitrogens with zero attached hydrogens (tertiary/aromatic N) is 1. The van der Waals surface area contributed by atoms with Crippen LogP contribution in [-0.2, 0) is 0 Å². The average molecular weight is 408 g/mol. The summed E-state index contributed by atoms with van der Waals surface area (Å²) >= 11 is 0. The highest BCUT2D eigenvalue weighted by Crippen LogP contribution is 2.31. The minimum atomic E-state index is -0.895. The number of nitrogens with one attached hydrogen (secondary N) is 1. The van der Waals surface area contributed by atoms with Crippen molar-refractivity contribution in [2.24, 2.45) is 0 Å². The molecule has 3 aromatic carbocycles. The maximum absolute atomic E-state index is 13.1. The molecule has 0 spiro atoms. The van der Waals surface area contributed by atoms with Gasteiger partial charge in [-0.1, -0.05) is 60.7 Å². The second-order valence-corrected chi connectivity index (χ2v) is 7.40. The smallest absolute Gasteiger partial charge is 0.252 e. The van der Waals surface area contributed by atoms with E-state index in [4.69, 9.17) is 4.42 Å². The van der Waals surface area contributed by atoms with E-state index in [9.17, 15) is 9.90 Å². The molecule has 5 heteroatoms. The molecule has 0 aliphatic rings. The van der Waals surface area contributed by atoms with Crippen molar-refractivity contribution < 1.29 is 14.3 Å². The fourth-order valence-corrected chi connectivity index (χ4v) is 3.84. The molecule has 0 radical (unpaired) electrons. The Hall–Kier alpha value is -3.96. The maximum Gasteiger partial charge on any atom is 0.252 e. The van der Waals surface area contributed by atoms with Gasteiger partial charge in [-0.25, -0.2) is 0 Å². The van der Waals surface area contributed by atoms with Gasteiger partial charge in [0.2, 0.25) is 0 Å². The van der Waals surface area contributed by atoms with Gasteiger partial charge in [0, 0.05) is 22.5 Å². The summed E-state index contributed by atoms with van der Waals surface area (Å²) < 4.78 is 5.86. The molecule has 2 aromatic heterocycles. The van der Waals surface area contributed by atoms with Crippen LogP contribution in [0.5, 0.6) is 0 Å². The predicted octanol–water partition coefficient (Wildman–Crippen LogP) is 5.19. The number of rotatable bonds is 5. The first-order valence-electron chi connectivity index (χ1n) is 10.1. The van der Waals surface area contributed by atoms with Crippen LogP contribution in [0.25, 0.3) is 21.9 Å². The lowest BCUT2D eigenvalue weighted by Crippen LogP contribution is -2.32. The van der Waals surface area contributed by atoms with Crippen LogP contribution in [0.3, 0.4) is 0 Å². The number of amides is 1. The lowest BCUT2D eigenvalue weighted by molar-refractivity contribution is 0.0831. The third-order valence-corrected chi connectivity index (χ3v) is 5.44. The van der Waals surface area contributed by atoms with E-state index in [1.807, 2.05) is 72.8 Å². The van der Waals surface area contributed by atoms with Crippen molar-refractivity contribution >= 4 is 27.8 Å². The van der Waals surface area contributed by atoms with Gasteiger partial charge >= 0.3 is 0 Å². The average Bonchev–Trinajstić information content (AvgIpc) is 3.21. The largest absolute Gasteiger partial charge is 0.454 e. The summed E-state index contributed by atoms with van der Waals surface area (Å²) in [6.45, 7) is 0. The molecule has 2 N–H and O–H groups in total. The summed E-state index contributed by atoms with van der Waals surface area (Å²) in [4.78, 5) is 17.2. The molecule has 5 rings (SSSR count). The molecule has 5 aromatic rings. The number of pyridine rings is 1. The highest BCUT2D eigenvalue weighted by molar-refractivity contribution is 6.07. The van der Waals surface area contributed by atoms with E-state index in [0.29, 0.717) is 16.7 Å². The molecule has 2 unspecified atom stereocenters. The van der Waals surface area contributed by atoms with Crippen molar-refractivity contribution in [1.82, 2.24) is 10.3 Å². The molecule has 0 saturated carbocycles. The quantitative estimate of drug-likeness (QED) is 0.420. The van der Waals surface area contributed by atoms with Crippen molar-refractivity contribution in [3.63, 3.8) is 0 Å². The summed E-state index contributed by atoms with van der Waals surface area (Å²) in [5.74, 6) is -0.288. The molecule has 2 atom stereocenters. The number of furan rings is 1. The van der Waals surface area contributed by atoms with Crippen LogP contribution in [-0.4, -0.2) is 16.0 Å². The van der Waals surface area contributed by atoms with Crippen molar-refractivity contribution in [3.8, 4) is 0 Å². The summed E-state index contributed by atoms with van der Waals surface area (Å²) in [5.41, 5.74) is 3.31. The number of aliphatic hydroxyl groups excluding tert-OH is 1. The minimum Gasteiger partial charge on any atom is -0.454 e. The van der Waals surface area contributed by atoms with Crippen LogP contribution in [0.4, 0.5) is 0 Å². The maximum atomic E-state index is 13.1. The first kappa shape index (κ1) is 19.0. The van der Waals surface area contributed by atoms with Crippen LogP contribution in [0.1, 0.15) is 33.6 Å². The molecule has 1 amide bonds. The van der Waals surface area contributed by atoms with Gasteiger partial charge in [-0.15, -0.1) is 0 Å². The lowest BCUT2D eigenvalue weighted by Gasteiger charge is -2.25. The zero-order chi connectivity index (χ0) is 21.2. The Morgan fingerprint density at radius 2 is 1.52 bits per heavy atom. The standard InChI is InChI=1S/C26H20N2O3/c29-25(18-9-5-2-6-10-18)24(17-7-3-1-4-8-17)28-26(30)19-11-12-20-21-13-14-27-16-23(21)31-22(20)15-19/h1-16,24-25,29H,(H,28,30). The first-order valence-corrected chi connectivity index (χ1v) is 10.1. The monoisotopic (exact) mass is 408 g/mol. The number of carbonyl (C=O) groups excluding carboxylic acids is 1. The predicted molar refractivity (Wildman–Crippen MR) is 120 cm³/mol. The number of fused-ring (bicyclic) bond motifs is 3. The molecule has 5 nitrogen and oxygen atoms in total. The molecule has 0 aliphatic heterocycles. The van der Waals surface area contributed by atoms with Crippen LogP contribution in [0.2, 0.25) is 0 Å².